The minimum absolute atomic E-state index is 0.184. The summed E-state index contributed by atoms with van der Waals surface area (Å²) in [7, 11) is 4.59. The Hall–Kier alpha value is -3.88. The lowest BCUT2D eigenvalue weighted by Crippen LogP contribution is -2.30. The summed E-state index contributed by atoms with van der Waals surface area (Å²) in [5.41, 5.74) is 0.910. The highest BCUT2D eigenvalue weighted by Crippen LogP contribution is 2.33. The third kappa shape index (κ3) is 3.66. The van der Waals surface area contributed by atoms with Crippen molar-refractivity contribution < 1.29 is 19.0 Å². The molecule has 0 spiro atoms. The molecule has 32 heavy (non-hydrogen) atoms. The number of carbonyl (C=O) groups excluding carboxylic acids is 1. The molecule has 0 saturated heterocycles. The van der Waals surface area contributed by atoms with Gasteiger partial charge in [0, 0.05) is 23.4 Å². The van der Waals surface area contributed by atoms with Gasteiger partial charge in [-0.1, -0.05) is 19.1 Å². The van der Waals surface area contributed by atoms with E-state index in [1.165, 1.54) is 30.4 Å². The lowest BCUT2D eigenvalue weighted by molar-refractivity contribution is 0.0971. The van der Waals surface area contributed by atoms with Crippen LogP contribution in [0.1, 0.15) is 29.5 Å². The molecule has 0 aliphatic carbocycles. The molecule has 2 aromatic carbocycles. The van der Waals surface area contributed by atoms with Crippen molar-refractivity contribution in [1.82, 2.24) is 19.2 Å². The van der Waals surface area contributed by atoms with Crippen molar-refractivity contribution in [3.05, 3.63) is 58.3 Å². The van der Waals surface area contributed by atoms with Gasteiger partial charge in [-0.15, -0.1) is 5.10 Å². The summed E-state index contributed by atoms with van der Waals surface area (Å²) in [4.78, 5) is 31.0. The number of carbonyl (C=O) groups is 1. The van der Waals surface area contributed by atoms with Crippen molar-refractivity contribution in [3.63, 3.8) is 0 Å². The predicted octanol–water partition coefficient (Wildman–Crippen LogP) is 2.91. The predicted molar refractivity (Wildman–Crippen MR) is 119 cm³/mol. The first-order valence-corrected chi connectivity index (χ1v) is 10.2. The van der Waals surface area contributed by atoms with Crippen LogP contribution in [-0.4, -0.2) is 46.3 Å². The highest BCUT2D eigenvalue weighted by Gasteiger charge is 2.20. The molecule has 0 amide bonds. The van der Waals surface area contributed by atoms with E-state index in [-0.39, 0.29) is 12.3 Å². The summed E-state index contributed by atoms with van der Waals surface area (Å²) in [5, 5.41) is 5.02. The number of aryl methyl sites for hydroxylation is 1. The molecule has 2 heterocycles. The van der Waals surface area contributed by atoms with Crippen molar-refractivity contribution in [3.8, 4) is 17.2 Å². The molecule has 2 aromatic heterocycles. The van der Waals surface area contributed by atoms with Crippen molar-refractivity contribution in [2.24, 2.45) is 0 Å². The molecule has 166 valence electrons. The molecule has 0 aliphatic heterocycles. The first-order valence-electron chi connectivity index (χ1n) is 10.2. The summed E-state index contributed by atoms with van der Waals surface area (Å²) < 4.78 is 18.7. The number of methoxy groups -OCH3 is 3. The molecule has 0 bridgehead atoms. The standard InChI is InChI=1S/C23H24N4O5/c1-5-7-21-24-22-16-11-19(31-3)20(32-4)12-17(16)26(23(29)27(22)25-21)13-18(28)14-8-6-9-15(10-14)30-2/h6,8-12H,5,7,13H2,1-4H3. The Morgan fingerprint density at radius 2 is 1.78 bits per heavy atom. The molecule has 9 heteroatoms. The van der Waals surface area contributed by atoms with Crippen LogP contribution in [0.3, 0.4) is 0 Å². The van der Waals surface area contributed by atoms with Crippen LogP contribution in [0.4, 0.5) is 0 Å². The SMILES string of the molecule is CCCc1nc2c3cc(OC)c(OC)cc3n(CC(=O)c3cccc(OC)c3)c(=O)n2n1. The van der Waals surface area contributed by atoms with Crippen molar-refractivity contribution in [2.75, 3.05) is 21.3 Å². The number of aromatic nitrogens is 4. The van der Waals surface area contributed by atoms with Gasteiger partial charge in [0.15, 0.2) is 28.8 Å². The summed E-state index contributed by atoms with van der Waals surface area (Å²) in [6.07, 6.45) is 1.48. The second-order valence-electron chi connectivity index (χ2n) is 7.26. The maximum absolute atomic E-state index is 13.4. The maximum Gasteiger partial charge on any atom is 0.351 e. The van der Waals surface area contributed by atoms with Crippen molar-refractivity contribution in [2.45, 2.75) is 26.3 Å². The maximum atomic E-state index is 13.4. The monoisotopic (exact) mass is 436 g/mol. The zero-order valence-corrected chi connectivity index (χ0v) is 18.4. The molecule has 0 unspecified atom stereocenters. The molecule has 0 atom stereocenters. The fourth-order valence-electron chi connectivity index (χ4n) is 3.66. The number of Topliss-reactive ketones (excluding diaryl/α,β-unsaturated/α-hetero) is 1. The zero-order valence-electron chi connectivity index (χ0n) is 18.4. The Bertz CT molecular complexity index is 1370. The summed E-state index contributed by atoms with van der Waals surface area (Å²) in [6, 6.07) is 10.3. The quantitative estimate of drug-likeness (QED) is 0.392. The molecule has 0 saturated carbocycles. The van der Waals surface area contributed by atoms with E-state index in [0.29, 0.717) is 51.6 Å². The summed E-state index contributed by atoms with van der Waals surface area (Å²) >= 11 is 0. The van der Waals surface area contributed by atoms with Gasteiger partial charge in [-0.05, 0) is 24.6 Å². The smallest absolute Gasteiger partial charge is 0.351 e. The van der Waals surface area contributed by atoms with Crippen molar-refractivity contribution in [1.29, 1.82) is 0 Å². The summed E-state index contributed by atoms with van der Waals surface area (Å²) in [5.74, 6) is 1.83. The first-order chi connectivity index (χ1) is 15.5. The van der Waals surface area contributed by atoms with Gasteiger partial charge in [0.1, 0.15) is 5.75 Å². The largest absolute Gasteiger partial charge is 0.497 e. The summed E-state index contributed by atoms with van der Waals surface area (Å²) in [6.45, 7) is 1.83. The number of rotatable bonds is 8. The third-order valence-electron chi connectivity index (χ3n) is 5.26. The molecular formula is C23H24N4O5. The van der Waals surface area contributed by atoms with Crippen LogP contribution in [0.15, 0.2) is 41.2 Å². The average molecular weight is 436 g/mol. The fourth-order valence-corrected chi connectivity index (χ4v) is 3.66. The van der Waals surface area contributed by atoms with Crippen LogP contribution >= 0.6 is 0 Å². The van der Waals surface area contributed by atoms with Crippen LogP contribution in [0.2, 0.25) is 0 Å². The Balaban J connectivity index is 1.95. The molecule has 0 aliphatic rings. The van der Waals surface area contributed by atoms with E-state index in [0.717, 1.165) is 6.42 Å². The van der Waals surface area contributed by atoms with Crippen LogP contribution in [0.25, 0.3) is 16.6 Å². The van der Waals surface area contributed by atoms with E-state index in [4.69, 9.17) is 14.2 Å². The number of ketones is 1. The van der Waals surface area contributed by atoms with E-state index in [9.17, 15) is 9.59 Å². The second-order valence-corrected chi connectivity index (χ2v) is 7.26. The van der Waals surface area contributed by atoms with E-state index in [2.05, 4.69) is 10.1 Å². The number of benzene rings is 2. The van der Waals surface area contributed by atoms with E-state index in [1.807, 2.05) is 6.92 Å². The highest BCUT2D eigenvalue weighted by molar-refractivity contribution is 5.98. The first kappa shape index (κ1) is 21.4. The molecule has 9 nitrogen and oxygen atoms in total. The minimum atomic E-state index is -0.453. The number of nitrogens with zero attached hydrogens (tertiary/aromatic N) is 4. The average Bonchev–Trinajstić information content (AvgIpc) is 3.25. The number of ether oxygens (including phenoxy) is 3. The van der Waals surface area contributed by atoms with Crippen LogP contribution < -0.4 is 19.9 Å². The number of hydrogen-bond acceptors (Lipinski definition) is 7. The Morgan fingerprint density at radius 1 is 1.03 bits per heavy atom. The zero-order chi connectivity index (χ0) is 22.8. The lowest BCUT2D eigenvalue weighted by atomic mass is 10.1. The molecule has 0 fully saturated rings. The third-order valence-corrected chi connectivity index (χ3v) is 5.26. The Morgan fingerprint density at radius 3 is 2.47 bits per heavy atom. The normalized spacial score (nSPS) is 11.1. The van der Waals surface area contributed by atoms with Gasteiger partial charge >= 0.3 is 5.69 Å². The van der Waals surface area contributed by atoms with E-state index >= 15 is 0 Å². The Kier molecular flexibility index (Phi) is 5.81. The van der Waals surface area contributed by atoms with Crippen LogP contribution in [0, 0.1) is 0 Å². The molecule has 0 radical (unpaired) electrons. The number of fused-ring (bicyclic) bond motifs is 3. The fraction of sp³-hybridized carbons (Fsp3) is 0.304. The minimum Gasteiger partial charge on any atom is -0.497 e. The van der Waals surface area contributed by atoms with Gasteiger partial charge in [0.05, 0.1) is 33.4 Å². The molecular weight excluding hydrogens is 412 g/mol. The van der Waals surface area contributed by atoms with Crippen LogP contribution in [-0.2, 0) is 13.0 Å². The van der Waals surface area contributed by atoms with Gasteiger partial charge in [0.2, 0.25) is 0 Å². The Labute approximate surface area is 184 Å². The highest BCUT2D eigenvalue weighted by atomic mass is 16.5. The topological polar surface area (TPSA) is 97.0 Å². The van der Waals surface area contributed by atoms with Crippen molar-refractivity contribution >= 4 is 22.3 Å². The van der Waals surface area contributed by atoms with Gasteiger partial charge in [-0.25, -0.2) is 9.78 Å². The molecule has 0 N–H and O–H groups in total. The van der Waals surface area contributed by atoms with Gasteiger partial charge < -0.3 is 14.2 Å². The van der Waals surface area contributed by atoms with Gasteiger partial charge in [-0.2, -0.15) is 4.52 Å². The molecule has 4 aromatic rings. The second kappa shape index (κ2) is 8.70. The van der Waals surface area contributed by atoms with Gasteiger partial charge in [-0.3, -0.25) is 9.36 Å². The van der Waals surface area contributed by atoms with E-state index in [1.54, 1.807) is 36.4 Å². The van der Waals surface area contributed by atoms with Crippen LogP contribution in [0.5, 0.6) is 17.2 Å². The van der Waals surface area contributed by atoms with E-state index < -0.39 is 5.69 Å². The lowest BCUT2D eigenvalue weighted by Gasteiger charge is -2.14. The van der Waals surface area contributed by atoms with Gasteiger partial charge in [0.25, 0.3) is 0 Å². The number of hydrogen-bond donors (Lipinski definition) is 0. The molecule has 4 rings (SSSR count).